The first-order valence-corrected chi connectivity index (χ1v) is 7.98. The number of rotatable bonds is 10. The number of hydrogen-bond donors (Lipinski definition) is 1. The minimum atomic E-state index is -0.517. The zero-order valence-electron chi connectivity index (χ0n) is 13.9. The number of ether oxygens (including phenoxy) is 3. The highest BCUT2D eigenvalue weighted by atomic mass is 16.6. The quantitative estimate of drug-likeness (QED) is 0.526. The Labute approximate surface area is 146 Å². The van der Waals surface area contributed by atoms with E-state index in [0.29, 0.717) is 30.2 Å². The molecule has 0 aliphatic heterocycles. The number of carbonyl (C=O) groups is 2. The summed E-state index contributed by atoms with van der Waals surface area (Å²) >= 11 is 0. The van der Waals surface area contributed by atoms with Crippen molar-refractivity contribution in [3.8, 4) is 11.5 Å². The molecule has 0 atom stereocenters. The highest BCUT2D eigenvalue weighted by Gasteiger charge is 2.10. The van der Waals surface area contributed by atoms with Gasteiger partial charge in [0.2, 0.25) is 0 Å². The van der Waals surface area contributed by atoms with Crippen LogP contribution in [0.4, 0.5) is 0 Å². The second-order valence-electron chi connectivity index (χ2n) is 5.16. The van der Waals surface area contributed by atoms with Crippen LogP contribution in [0.2, 0.25) is 0 Å². The third-order valence-electron chi connectivity index (χ3n) is 3.23. The molecule has 0 saturated carbocycles. The number of para-hydroxylation sites is 1. The van der Waals surface area contributed by atoms with Gasteiger partial charge in [0.15, 0.2) is 12.4 Å². The minimum absolute atomic E-state index is 0.00367. The van der Waals surface area contributed by atoms with E-state index in [0.717, 1.165) is 0 Å². The van der Waals surface area contributed by atoms with E-state index in [9.17, 15) is 9.59 Å². The molecule has 2 aromatic rings. The van der Waals surface area contributed by atoms with Gasteiger partial charge in [0.1, 0.15) is 18.1 Å². The summed E-state index contributed by atoms with van der Waals surface area (Å²) in [6.45, 7) is 0.597. The Bertz CT molecular complexity index is 687. The van der Waals surface area contributed by atoms with Gasteiger partial charge in [-0.3, -0.25) is 4.79 Å². The molecular formula is C19H21NO5. The summed E-state index contributed by atoms with van der Waals surface area (Å²) in [5.41, 5.74) is 5.89. The van der Waals surface area contributed by atoms with Crippen molar-refractivity contribution in [2.45, 2.75) is 6.42 Å². The Morgan fingerprint density at radius 2 is 1.64 bits per heavy atom. The van der Waals surface area contributed by atoms with E-state index in [-0.39, 0.29) is 25.4 Å². The van der Waals surface area contributed by atoms with Crippen LogP contribution in [0.3, 0.4) is 0 Å². The van der Waals surface area contributed by atoms with Crippen LogP contribution in [0.25, 0.3) is 0 Å². The summed E-state index contributed by atoms with van der Waals surface area (Å²) in [4.78, 5) is 23.7. The molecule has 0 unspecified atom stereocenters. The van der Waals surface area contributed by atoms with Crippen LogP contribution in [0.15, 0.2) is 54.6 Å². The van der Waals surface area contributed by atoms with E-state index >= 15 is 0 Å². The maximum atomic E-state index is 12.1. The molecule has 25 heavy (non-hydrogen) atoms. The zero-order valence-corrected chi connectivity index (χ0v) is 13.9. The van der Waals surface area contributed by atoms with Gasteiger partial charge in [-0.05, 0) is 24.3 Å². The van der Waals surface area contributed by atoms with Gasteiger partial charge in [0, 0.05) is 18.5 Å². The number of Topliss-reactive ketones (excluding diaryl/α,β-unsaturated/α-hetero) is 1. The van der Waals surface area contributed by atoms with Crippen LogP contribution >= 0.6 is 0 Å². The summed E-state index contributed by atoms with van der Waals surface area (Å²) in [5.74, 6) is 0.529. The van der Waals surface area contributed by atoms with Crippen molar-refractivity contribution in [3.63, 3.8) is 0 Å². The first-order chi connectivity index (χ1) is 12.2. The maximum Gasteiger partial charge on any atom is 0.344 e. The number of benzene rings is 2. The van der Waals surface area contributed by atoms with Gasteiger partial charge >= 0.3 is 5.97 Å². The molecule has 0 fully saturated rings. The van der Waals surface area contributed by atoms with Gasteiger partial charge in [-0.15, -0.1) is 0 Å². The van der Waals surface area contributed by atoms with Crippen molar-refractivity contribution >= 4 is 11.8 Å². The van der Waals surface area contributed by atoms with Crippen molar-refractivity contribution in [1.82, 2.24) is 0 Å². The predicted octanol–water partition coefficient (Wildman–Crippen LogP) is 2.22. The van der Waals surface area contributed by atoms with Gasteiger partial charge in [-0.2, -0.15) is 0 Å². The smallest absolute Gasteiger partial charge is 0.344 e. The monoisotopic (exact) mass is 343 g/mol. The molecule has 2 rings (SSSR count). The predicted molar refractivity (Wildman–Crippen MR) is 92.8 cm³/mol. The highest BCUT2D eigenvalue weighted by Crippen LogP contribution is 2.14. The van der Waals surface area contributed by atoms with Gasteiger partial charge in [-0.1, -0.05) is 30.3 Å². The number of esters is 1. The average Bonchev–Trinajstić information content (AvgIpc) is 2.65. The van der Waals surface area contributed by atoms with E-state index < -0.39 is 5.97 Å². The van der Waals surface area contributed by atoms with Crippen LogP contribution in [0, 0.1) is 0 Å². The molecule has 0 radical (unpaired) electrons. The first-order valence-electron chi connectivity index (χ1n) is 7.98. The fourth-order valence-corrected chi connectivity index (χ4v) is 2.04. The second-order valence-corrected chi connectivity index (χ2v) is 5.16. The molecule has 0 bridgehead atoms. The van der Waals surface area contributed by atoms with E-state index in [4.69, 9.17) is 19.9 Å². The van der Waals surface area contributed by atoms with Crippen molar-refractivity contribution in [1.29, 1.82) is 0 Å². The van der Waals surface area contributed by atoms with Crippen molar-refractivity contribution in [3.05, 3.63) is 60.2 Å². The third-order valence-corrected chi connectivity index (χ3v) is 3.23. The molecule has 6 nitrogen and oxygen atoms in total. The van der Waals surface area contributed by atoms with E-state index in [1.807, 2.05) is 18.2 Å². The number of nitrogens with two attached hydrogens (primary N) is 1. The molecule has 0 amide bonds. The molecule has 2 aromatic carbocycles. The molecule has 0 spiro atoms. The molecule has 132 valence electrons. The minimum Gasteiger partial charge on any atom is -0.492 e. The summed E-state index contributed by atoms with van der Waals surface area (Å²) in [5, 5.41) is 0. The molecule has 0 aliphatic carbocycles. The summed E-state index contributed by atoms with van der Waals surface area (Å²) in [6.07, 6.45) is 0.0947. The Morgan fingerprint density at radius 3 is 2.40 bits per heavy atom. The number of hydrogen-bond acceptors (Lipinski definition) is 6. The second kappa shape index (κ2) is 10.1. The first kappa shape index (κ1) is 18.5. The summed E-state index contributed by atoms with van der Waals surface area (Å²) in [6, 6.07) is 15.8. The standard InChI is InChI=1S/C19H21NO5/c20-10-12-23-17-8-4-5-15(13-17)18(21)9-11-24-19(22)14-25-16-6-2-1-3-7-16/h1-8,13H,9-12,14,20H2. The highest BCUT2D eigenvalue weighted by molar-refractivity contribution is 5.96. The van der Waals surface area contributed by atoms with Gasteiger partial charge in [0.25, 0.3) is 0 Å². The zero-order chi connectivity index (χ0) is 17.9. The molecule has 0 heterocycles. The molecule has 0 aliphatic rings. The normalized spacial score (nSPS) is 10.1. The van der Waals surface area contributed by atoms with Gasteiger partial charge < -0.3 is 19.9 Å². The molecule has 6 heteroatoms. The SMILES string of the molecule is NCCOc1cccc(C(=O)CCOC(=O)COc2ccccc2)c1. The average molecular weight is 343 g/mol. The number of ketones is 1. The van der Waals surface area contributed by atoms with Crippen LogP contribution in [0.1, 0.15) is 16.8 Å². The fraction of sp³-hybridized carbons (Fsp3) is 0.263. The Hall–Kier alpha value is -2.86. The summed E-state index contributed by atoms with van der Waals surface area (Å²) in [7, 11) is 0. The molecular weight excluding hydrogens is 322 g/mol. The van der Waals surface area contributed by atoms with Crippen LogP contribution in [-0.2, 0) is 9.53 Å². The fourth-order valence-electron chi connectivity index (χ4n) is 2.04. The van der Waals surface area contributed by atoms with Crippen molar-refractivity contribution < 1.29 is 23.8 Å². The van der Waals surface area contributed by atoms with E-state index in [1.165, 1.54) is 0 Å². The number of carbonyl (C=O) groups excluding carboxylic acids is 2. The Balaban J connectivity index is 1.71. The Morgan fingerprint density at radius 1 is 0.880 bits per heavy atom. The van der Waals surface area contributed by atoms with Gasteiger partial charge in [0.05, 0.1) is 6.61 Å². The molecule has 0 aromatic heterocycles. The van der Waals surface area contributed by atoms with Gasteiger partial charge in [-0.25, -0.2) is 4.79 Å². The topological polar surface area (TPSA) is 87.9 Å². The lowest BCUT2D eigenvalue weighted by molar-refractivity contribution is -0.145. The van der Waals surface area contributed by atoms with Crippen molar-refractivity contribution in [2.75, 3.05) is 26.4 Å². The molecule has 0 saturated heterocycles. The Kier molecular flexibility index (Phi) is 7.46. The van der Waals surface area contributed by atoms with E-state index in [1.54, 1.807) is 36.4 Å². The largest absolute Gasteiger partial charge is 0.492 e. The molecule has 2 N–H and O–H groups in total. The lowest BCUT2D eigenvalue weighted by Gasteiger charge is -2.08. The van der Waals surface area contributed by atoms with Crippen LogP contribution < -0.4 is 15.2 Å². The summed E-state index contributed by atoms with van der Waals surface area (Å²) < 4.78 is 15.7. The maximum absolute atomic E-state index is 12.1. The third kappa shape index (κ3) is 6.64. The lowest BCUT2D eigenvalue weighted by Crippen LogP contribution is -2.17. The lowest BCUT2D eigenvalue weighted by atomic mass is 10.1. The van der Waals surface area contributed by atoms with Crippen LogP contribution in [0.5, 0.6) is 11.5 Å². The van der Waals surface area contributed by atoms with Crippen molar-refractivity contribution in [2.24, 2.45) is 5.73 Å². The van der Waals surface area contributed by atoms with Crippen LogP contribution in [-0.4, -0.2) is 38.1 Å². The van der Waals surface area contributed by atoms with E-state index in [2.05, 4.69) is 0 Å².